The molecule has 5 nitrogen and oxygen atoms in total. The predicted molar refractivity (Wildman–Crippen MR) is 203 cm³/mol. The number of nitrogens with zero attached hydrogens (tertiary/aromatic N) is 4. The topological polar surface area (TPSA) is 56.7 Å². The highest BCUT2D eigenvalue weighted by atomic mass is 16.3. The van der Waals surface area contributed by atoms with Crippen LogP contribution in [0.25, 0.3) is 94.7 Å². The molecule has 10 aromatic rings. The predicted octanol–water partition coefficient (Wildman–Crippen LogP) is 11.5. The Balaban J connectivity index is 1.13. The molecule has 0 fully saturated rings. The Hall–Kier alpha value is -6.85. The lowest BCUT2D eigenvalue weighted by atomic mass is 9.99. The molecule has 0 bridgehead atoms. The van der Waals surface area contributed by atoms with Crippen molar-refractivity contribution in [1.29, 1.82) is 0 Å². The van der Waals surface area contributed by atoms with E-state index in [1.807, 2.05) is 66.7 Å². The molecule has 0 aliphatic heterocycles. The number of rotatable bonds is 5. The summed E-state index contributed by atoms with van der Waals surface area (Å²) in [5.74, 6) is 1.86. The Morgan fingerprint density at radius 3 is 1.68 bits per heavy atom. The van der Waals surface area contributed by atoms with E-state index in [1.54, 1.807) is 0 Å². The molecule has 5 heteroatoms. The average Bonchev–Trinajstić information content (AvgIpc) is 3.73. The summed E-state index contributed by atoms with van der Waals surface area (Å²) < 4.78 is 8.85. The molecule has 0 saturated heterocycles. The third-order valence-corrected chi connectivity index (χ3v) is 9.45. The molecule has 0 spiro atoms. The summed E-state index contributed by atoms with van der Waals surface area (Å²) in [6.07, 6.45) is 0. The van der Waals surface area contributed by atoms with Crippen molar-refractivity contribution in [3.05, 3.63) is 170 Å². The van der Waals surface area contributed by atoms with E-state index in [2.05, 4.69) is 108 Å². The van der Waals surface area contributed by atoms with Gasteiger partial charge in [-0.3, -0.25) is 0 Å². The lowest BCUT2D eigenvalue weighted by molar-refractivity contribution is 0.669. The zero-order valence-electron chi connectivity index (χ0n) is 26.9. The van der Waals surface area contributed by atoms with Crippen molar-refractivity contribution in [2.75, 3.05) is 0 Å². The maximum Gasteiger partial charge on any atom is 0.164 e. The van der Waals surface area contributed by atoms with Crippen LogP contribution in [0.4, 0.5) is 0 Å². The maximum absolute atomic E-state index is 6.49. The molecular formula is C45H28N4O. The van der Waals surface area contributed by atoms with Crippen LogP contribution in [0.5, 0.6) is 0 Å². The third kappa shape index (κ3) is 4.60. The van der Waals surface area contributed by atoms with E-state index >= 15 is 0 Å². The van der Waals surface area contributed by atoms with Crippen LogP contribution in [-0.2, 0) is 0 Å². The molecule has 0 unspecified atom stereocenters. The van der Waals surface area contributed by atoms with Gasteiger partial charge < -0.3 is 8.98 Å². The summed E-state index contributed by atoms with van der Waals surface area (Å²) in [4.78, 5) is 14.7. The van der Waals surface area contributed by atoms with Crippen molar-refractivity contribution >= 4 is 43.7 Å². The van der Waals surface area contributed by atoms with Gasteiger partial charge in [0, 0.05) is 43.9 Å². The fraction of sp³-hybridized carbons (Fsp3) is 0. The van der Waals surface area contributed by atoms with Gasteiger partial charge in [-0.2, -0.15) is 0 Å². The molecule has 50 heavy (non-hydrogen) atoms. The fourth-order valence-electron chi connectivity index (χ4n) is 7.14. The van der Waals surface area contributed by atoms with E-state index in [0.717, 1.165) is 44.3 Å². The Kier molecular flexibility index (Phi) is 6.42. The van der Waals surface area contributed by atoms with Crippen LogP contribution < -0.4 is 0 Å². The molecule has 0 aliphatic carbocycles. The van der Waals surface area contributed by atoms with E-state index in [1.165, 1.54) is 32.9 Å². The zero-order valence-corrected chi connectivity index (χ0v) is 26.9. The van der Waals surface area contributed by atoms with Gasteiger partial charge in [0.15, 0.2) is 17.5 Å². The minimum atomic E-state index is 0.597. The van der Waals surface area contributed by atoms with Crippen molar-refractivity contribution in [2.24, 2.45) is 0 Å². The van der Waals surface area contributed by atoms with Crippen LogP contribution in [0.15, 0.2) is 174 Å². The molecule has 7 aromatic carbocycles. The second kappa shape index (κ2) is 11.4. The van der Waals surface area contributed by atoms with Crippen molar-refractivity contribution < 1.29 is 4.42 Å². The van der Waals surface area contributed by atoms with Gasteiger partial charge in [-0.1, -0.05) is 127 Å². The number of aromatic nitrogens is 4. The van der Waals surface area contributed by atoms with E-state index in [-0.39, 0.29) is 0 Å². The van der Waals surface area contributed by atoms with E-state index < -0.39 is 0 Å². The Labute approximate surface area is 287 Å². The van der Waals surface area contributed by atoms with Gasteiger partial charge in [0.05, 0.1) is 11.0 Å². The minimum absolute atomic E-state index is 0.597. The maximum atomic E-state index is 6.49. The highest BCUT2D eigenvalue weighted by Crippen LogP contribution is 2.40. The molecule has 0 saturated carbocycles. The number of para-hydroxylation sites is 1. The largest absolute Gasteiger partial charge is 0.456 e. The number of hydrogen-bond donors (Lipinski definition) is 0. The summed E-state index contributed by atoms with van der Waals surface area (Å²) in [6, 6.07) is 58.6. The fourth-order valence-corrected chi connectivity index (χ4v) is 7.14. The summed E-state index contributed by atoms with van der Waals surface area (Å²) in [6.45, 7) is 0. The van der Waals surface area contributed by atoms with Gasteiger partial charge in [-0.15, -0.1) is 0 Å². The lowest BCUT2D eigenvalue weighted by Crippen LogP contribution is -2.00. The molecule has 0 amide bonds. The quantitative estimate of drug-likeness (QED) is 0.188. The molecule has 10 rings (SSSR count). The summed E-state index contributed by atoms with van der Waals surface area (Å²) in [5.41, 5.74) is 10.2. The molecule has 234 valence electrons. The van der Waals surface area contributed by atoms with Crippen LogP contribution in [0, 0.1) is 0 Å². The molecule has 3 heterocycles. The van der Waals surface area contributed by atoms with Crippen molar-refractivity contribution in [3.63, 3.8) is 0 Å². The first-order valence-corrected chi connectivity index (χ1v) is 16.7. The van der Waals surface area contributed by atoms with Crippen molar-refractivity contribution in [1.82, 2.24) is 19.5 Å². The van der Waals surface area contributed by atoms with Gasteiger partial charge in [-0.25, -0.2) is 15.0 Å². The van der Waals surface area contributed by atoms with Crippen LogP contribution in [0.2, 0.25) is 0 Å². The molecule has 0 N–H and O–H groups in total. The van der Waals surface area contributed by atoms with Crippen LogP contribution in [-0.4, -0.2) is 19.5 Å². The number of hydrogen-bond acceptors (Lipinski definition) is 4. The molecular weight excluding hydrogens is 613 g/mol. The smallest absolute Gasteiger partial charge is 0.164 e. The standard InChI is InChI=1S/C45H28N4O/c1-4-13-29(14-5-1)34-20-12-22-39-42(34)36-19-10-11-21-38(36)49(39)33-24-26-40-37(28-33)35-25-23-32(27-41(35)50-40)45-47-43(30-15-6-2-7-16-30)46-44(48-45)31-17-8-3-9-18-31/h1-28H. The van der Waals surface area contributed by atoms with E-state index in [9.17, 15) is 0 Å². The van der Waals surface area contributed by atoms with Crippen molar-refractivity contribution in [2.45, 2.75) is 0 Å². The second-order valence-corrected chi connectivity index (χ2v) is 12.5. The molecule has 0 radical (unpaired) electrons. The Bertz CT molecular complexity index is 2800. The number of benzene rings is 7. The average molecular weight is 641 g/mol. The summed E-state index contributed by atoms with van der Waals surface area (Å²) in [7, 11) is 0. The number of furan rings is 1. The highest BCUT2D eigenvalue weighted by molar-refractivity contribution is 6.16. The molecule has 0 atom stereocenters. The normalized spacial score (nSPS) is 11.6. The van der Waals surface area contributed by atoms with E-state index in [0.29, 0.717) is 17.5 Å². The van der Waals surface area contributed by atoms with Gasteiger partial charge >= 0.3 is 0 Å². The first kappa shape index (κ1) is 28.2. The first-order chi connectivity index (χ1) is 24.8. The van der Waals surface area contributed by atoms with Crippen LogP contribution >= 0.6 is 0 Å². The third-order valence-electron chi connectivity index (χ3n) is 9.45. The summed E-state index contributed by atoms with van der Waals surface area (Å²) in [5, 5.41) is 4.57. The van der Waals surface area contributed by atoms with Crippen LogP contribution in [0.3, 0.4) is 0 Å². The van der Waals surface area contributed by atoms with Gasteiger partial charge in [0.2, 0.25) is 0 Å². The zero-order chi connectivity index (χ0) is 33.0. The monoisotopic (exact) mass is 640 g/mol. The van der Waals surface area contributed by atoms with Gasteiger partial charge in [0.1, 0.15) is 11.2 Å². The van der Waals surface area contributed by atoms with Crippen LogP contribution in [0.1, 0.15) is 0 Å². The van der Waals surface area contributed by atoms with Gasteiger partial charge in [-0.05, 0) is 53.6 Å². The molecule has 3 aromatic heterocycles. The second-order valence-electron chi connectivity index (χ2n) is 12.5. The Morgan fingerprint density at radius 2 is 0.980 bits per heavy atom. The lowest BCUT2D eigenvalue weighted by Gasteiger charge is -2.09. The van der Waals surface area contributed by atoms with Gasteiger partial charge in [0.25, 0.3) is 0 Å². The van der Waals surface area contributed by atoms with E-state index in [4.69, 9.17) is 19.4 Å². The van der Waals surface area contributed by atoms with Crippen molar-refractivity contribution in [3.8, 4) is 51.0 Å². The first-order valence-electron chi connectivity index (χ1n) is 16.7. The minimum Gasteiger partial charge on any atom is -0.456 e. The summed E-state index contributed by atoms with van der Waals surface area (Å²) >= 11 is 0. The Morgan fingerprint density at radius 1 is 0.380 bits per heavy atom. The SMILES string of the molecule is c1ccc(-c2nc(-c3ccccc3)nc(-c3ccc4c(c3)oc3ccc(-n5c6ccccc6c6c(-c7ccccc7)cccc65)cc34)n2)cc1. The number of fused-ring (bicyclic) bond motifs is 6. The highest BCUT2D eigenvalue weighted by Gasteiger charge is 2.18. The molecule has 0 aliphatic rings.